The molecule has 0 fully saturated rings. The highest BCUT2D eigenvalue weighted by Crippen LogP contribution is 2.31. The van der Waals surface area contributed by atoms with Crippen molar-refractivity contribution in [1.29, 1.82) is 0 Å². The smallest absolute Gasteiger partial charge is 0.338 e. The lowest BCUT2D eigenvalue weighted by molar-refractivity contribution is -0.255. The molecule has 1 aliphatic heterocycles. The van der Waals surface area contributed by atoms with Crippen molar-refractivity contribution in [2.45, 2.75) is 40.7 Å². The van der Waals surface area contributed by atoms with Crippen LogP contribution in [-0.2, 0) is 9.53 Å². The summed E-state index contributed by atoms with van der Waals surface area (Å²) in [5.41, 5.74) is 5.77. The number of aryl methyl sites for hydroxylation is 2. The molecule has 2 aromatic heterocycles. The van der Waals surface area contributed by atoms with Gasteiger partial charge >= 0.3 is 5.97 Å². The quantitative estimate of drug-likeness (QED) is 0.341. The molecule has 0 amide bonds. The molecule has 1 aliphatic rings. The first-order chi connectivity index (χ1) is 19.1. The van der Waals surface area contributed by atoms with Gasteiger partial charge in [-0.15, -0.1) is 0 Å². The fourth-order valence-corrected chi connectivity index (χ4v) is 6.14. The summed E-state index contributed by atoms with van der Waals surface area (Å²) in [6, 6.07) is 15.6. The van der Waals surface area contributed by atoms with Gasteiger partial charge in [0.2, 0.25) is 0 Å². The Labute approximate surface area is 234 Å². The largest absolute Gasteiger partial charge is 0.545 e. The number of fused-ring (bicyclic) bond motifs is 1. The van der Waals surface area contributed by atoms with Crippen LogP contribution in [0.2, 0.25) is 0 Å². The Bertz CT molecular complexity index is 1870. The zero-order valence-corrected chi connectivity index (χ0v) is 23.7. The molecular weight excluding hydrogens is 526 g/mol. The number of esters is 1. The number of hydrogen-bond donors (Lipinski definition) is 0. The van der Waals surface area contributed by atoms with Crippen LogP contribution in [-0.4, -0.2) is 27.7 Å². The lowest BCUT2D eigenvalue weighted by Crippen LogP contribution is -2.39. The topological polar surface area (TPSA) is 106 Å². The van der Waals surface area contributed by atoms with Gasteiger partial charge in [-0.05, 0) is 75.6 Å². The Balaban J connectivity index is 1.68. The number of hydrogen-bond acceptors (Lipinski definition) is 7. The van der Waals surface area contributed by atoms with Crippen LogP contribution in [0.25, 0.3) is 11.8 Å². The molecule has 8 nitrogen and oxygen atoms in total. The van der Waals surface area contributed by atoms with Gasteiger partial charge < -0.3 is 19.2 Å². The summed E-state index contributed by atoms with van der Waals surface area (Å²) in [6.45, 7) is 9.54. The third-order valence-corrected chi connectivity index (χ3v) is 7.99. The predicted octanol–water partition coefficient (Wildman–Crippen LogP) is 2.88. The molecule has 4 aromatic rings. The van der Waals surface area contributed by atoms with Crippen molar-refractivity contribution in [2.24, 2.45) is 4.99 Å². The third kappa shape index (κ3) is 4.73. The molecule has 2 aromatic carbocycles. The number of carboxylic acid groups (broad SMARTS) is 1. The number of nitrogens with zero attached hydrogens (tertiary/aromatic N) is 3. The Morgan fingerprint density at radius 3 is 2.48 bits per heavy atom. The fourth-order valence-electron chi connectivity index (χ4n) is 5.10. The predicted molar refractivity (Wildman–Crippen MR) is 151 cm³/mol. The molecule has 3 heterocycles. The van der Waals surface area contributed by atoms with Gasteiger partial charge in [-0.2, -0.15) is 0 Å². The minimum absolute atomic E-state index is 0.0868. The molecule has 0 spiro atoms. The molecule has 0 radical (unpaired) electrons. The van der Waals surface area contributed by atoms with Crippen molar-refractivity contribution < 1.29 is 19.4 Å². The number of aromatic carboxylic acids is 1. The molecule has 0 aliphatic carbocycles. The first-order valence-electron chi connectivity index (χ1n) is 12.9. The van der Waals surface area contributed by atoms with E-state index in [-0.39, 0.29) is 17.7 Å². The molecule has 0 saturated heterocycles. The van der Waals surface area contributed by atoms with Crippen molar-refractivity contribution in [3.8, 4) is 5.69 Å². The highest BCUT2D eigenvalue weighted by Gasteiger charge is 2.33. The average Bonchev–Trinajstić information content (AvgIpc) is 3.37. The third-order valence-electron chi connectivity index (χ3n) is 7.01. The van der Waals surface area contributed by atoms with Crippen LogP contribution in [0.15, 0.2) is 75.7 Å². The maximum absolute atomic E-state index is 13.9. The van der Waals surface area contributed by atoms with Gasteiger partial charge in [0, 0.05) is 17.1 Å². The van der Waals surface area contributed by atoms with Gasteiger partial charge in [0.25, 0.3) is 5.56 Å². The number of carbonyl (C=O) groups excluding carboxylic acids is 2. The summed E-state index contributed by atoms with van der Waals surface area (Å²) in [7, 11) is 0. The Hall–Kier alpha value is -4.50. The van der Waals surface area contributed by atoms with Gasteiger partial charge in [-0.3, -0.25) is 9.36 Å². The van der Waals surface area contributed by atoms with Crippen LogP contribution in [0.4, 0.5) is 0 Å². The van der Waals surface area contributed by atoms with Crippen LogP contribution in [0.3, 0.4) is 0 Å². The van der Waals surface area contributed by atoms with E-state index < -0.39 is 18.0 Å². The van der Waals surface area contributed by atoms with E-state index in [1.54, 1.807) is 30.5 Å². The molecule has 0 saturated carbocycles. The van der Waals surface area contributed by atoms with E-state index in [0.717, 1.165) is 28.1 Å². The monoisotopic (exact) mass is 554 g/mol. The first kappa shape index (κ1) is 27.1. The maximum Gasteiger partial charge on any atom is 0.338 e. The standard InChI is InChI=1S/C31H29N3O5S/c1-6-39-30(38)26-19(4)32-31-34(27(26)21-12-10-17(2)11-13-21)28(35)25(40-31)16-23-14-18(3)33(20(23)5)24-9-7-8-22(15-24)29(36)37/h7-16,27H,6H2,1-5H3,(H,36,37)/p-1/b25-16+/t27-/m1/s1. The molecule has 204 valence electrons. The van der Waals surface area contributed by atoms with Gasteiger partial charge in [-0.1, -0.05) is 53.3 Å². The van der Waals surface area contributed by atoms with Gasteiger partial charge in [-0.25, -0.2) is 9.79 Å². The number of aromatic nitrogens is 2. The number of rotatable bonds is 6. The number of ether oxygens (including phenoxy) is 1. The Kier molecular flexibility index (Phi) is 7.16. The molecule has 9 heteroatoms. The summed E-state index contributed by atoms with van der Waals surface area (Å²) in [5.74, 6) is -1.74. The van der Waals surface area contributed by atoms with E-state index in [1.807, 2.05) is 67.8 Å². The number of carboxylic acids is 1. The summed E-state index contributed by atoms with van der Waals surface area (Å²) in [5, 5.41) is 11.4. The van der Waals surface area contributed by atoms with E-state index in [1.165, 1.54) is 17.4 Å². The van der Waals surface area contributed by atoms with Crippen LogP contribution in [0.1, 0.15) is 58.3 Å². The van der Waals surface area contributed by atoms with Crippen molar-refractivity contribution >= 4 is 29.4 Å². The van der Waals surface area contributed by atoms with Crippen molar-refractivity contribution in [3.63, 3.8) is 0 Å². The number of thiazole rings is 1. The summed E-state index contributed by atoms with van der Waals surface area (Å²) in [4.78, 5) is 43.5. The van der Waals surface area contributed by atoms with Gasteiger partial charge in [0.1, 0.15) is 0 Å². The first-order valence-corrected chi connectivity index (χ1v) is 13.7. The van der Waals surface area contributed by atoms with Crippen LogP contribution in [0.5, 0.6) is 0 Å². The molecule has 1 atom stereocenters. The van der Waals surface area contributed by atoms with E-state index >= 15 is 0 Å². The van der Waals surface area contributed by atoms with Gasteiger partial charge in [0.15, 0.2) is 4.80 Å². The number of benzene rings is 2. The summed E-state index contributed by atoms with van der Waals surface area (Å²) in [6.07, 6.45) is 1.82. The second-order valence-electron chi connectivity index (χ2n) is 9.71. The van der Waals surface area contributed by atoms with E-state index in [4.69, 9.17) is 4.74 Å². The second-order valence-corrected chi connectivity index (χ2v) is 10.7. The number of allylic oxidation sites excluding steroid dienone is 1. The zero-order chi connectivity index (χ0) is 28.7. The average molecular weight is 555 g/mol. The summed E-state index contributed by atoms with van der Waals surface area (Å²) >= 11 is 1.26. The molecule has 0 N–H and O–H groups in total. The lowest BCUT2D eigenvalue weighted by Gasteiger charge is -2.24. The SMILES string of the molecule is CCOC(=O)C1=C(C)N=c2s/c(=C/c3cc(C)n(-c4cccc(C(=O)[O-])c4)c3C)c(=O)n2[C@@H]1c1ccc(C)cc1. The molecular formula is C31H28N3O5S-. The highest BCUT2D eigenvalue weighted by atomic mass is 32.1. The van der Waals surface area contributed by atoms with Crippen LogP contribution >= 0.6 is 11.3 Å². The normalized spacial score (nSPS) is 15.1. The van der Waals surface area contributed by atoms with Crippen LogP contribution in [0, 0.1) is 20.8 Å². The van der Waals surface area contributed by atoms with Crippen molar-refractivity contribution in [2.75, 3.05) is 6.61 Å². The Morgan fingerprint density at radius 1 is 1.07 bits per heavy atom. The van der Waals surface area contributed by atoms with E-state index in [9.17, 15) is 19.5 Å². The zero-order valence-electron chi connectivity index (χ0n) is 22.8. The molecule has 0 unspecified atom stereocenters. The van der Waals surface area contributed by atoms with Gasteiger partial charge in [0.05, 0.1) is 34.4 Å². The highest BCUT2D eigenvalue weighted by molar-refractivity contribution is 7.07. The van der Waals surface area contributed by atoms with Crippen LogP contribution < -0.4 is 20.0 Å². The molecule has 40 heavy (non-hydrogen) atoms. The van der Waals surface area contributed by atoms with E-state index in [2.05, 4.69) is 4.99 Å². The number of carbonyl (C=O) groups is 2. The molecule has 5 rings (SSSR count). The second kappa shape index (κ2) is 10.6. The molecule has 0 bridgehead atoms. The van der Waals surface area contributed by atoms with Crippen molar-refractivity contribution in [3.05, 3.63) is 119 Å². The van der Waals surface area contributed by atoms with Crippen molar-refractivity contribution in [1.82, 2.24) is 9.13 Å². The minimum atomic E-state index is -1.24. The minimum Gasteiger partial charge on any atom is -0.545 e. The Morgan fingerprint density at radius 2 is 1.80 bits per heavy atom. The summed E-state index contributed by atoms with van der Waals surface area (Å²) < 4.78 is 9.34. The fraction of sp³-hybridized carbons (Fsp3) is 0.226. The lowest BCUT2D eigenvalue weighted by atomic mass is 9.95. The van der Waals surface area contributed by atoms with E-state index in [0.29, 0.717) is 26.3 Å². The maximum atomic E-state index is 13.9.